The average molecular weight is 963 g/mol. The van der Waals surface area contributed by atoms with Crippen molar-refractivity contribution in [3.8, 4) is 0 Å². The number of para-hydroxylation sites is 2. The number of hydrogen-bond acceptors (Lipinski definition) is 2. The van der Waals surface area contributed by atoms with E-state index in [0.717, 1.165) is 22.7 Å². The van der Waals surface area contributed by atoms with Gasteiger partial charge >= 0.3 is 0 Å². The third-order valence-electron chi connectivity index (χ3n) is 15.8. The van der Waals surface area contributed by atoms with Gasteiger partial charge in [-0.25, -0.2) is 0 Å². The topological polar surface area (TPSA) is 6.48 Å². The van der Waals surface area contributed by atoms with E-state index in [1.807, 2.05) is 27.7 Å². The minimum Gasteiger partial charge on any atom is -0.309 e. The molecule has 0 aromatic heterocycles. The highest BCUT2D eigenvalue weighted by Crippen LogP contribution is 2.55. The third kappa shape index (κ3) is 6.86. The second-order valence-electron chi connectivity index (χ2n) is 19.7. The van der Waals surface area contributed by atoms with E-state index in [4.69, 9.17) is 0 Å². The zero-order valence-electron chi connectivity index (χ0n) is 43.8. The van der Waals surface area contributed by atoms with Crippen molar-refractivity contribution in [2.75, 3.05) is 9.80 Å². The van der Waals surface area contributed by atoms with E-state index >= 15 is 0 Å². The molecule has 0 aliphatic heterocycles. The van der Waals surface area contributed by atoms with Crippen LogP contribution in [0.15, 0.2) is 224 Å². The molecule has 0 saturated heterocycles. The maximum absolute atomic E-state index is 2.57. The molecule has 0 aliphatic carbocycles. The monoisotopic (exact) mass is 962 g/mol. The molecule has 0 fully saturated rings. The van der Waals surface area contributed by atoms with Crippen molar-refractivity contribution in [3.05, 3.63) is 241 Å². The quantitative estimate of drug-likeness (QED) is 0.0931. The van der Waals surface area contributed by atoms with Gasteiger partial charge in [-0.1, -0.05) is 203 Å². The Hall–Kier alpha value is -8.98. The molecule has 15 aromatic rings. The van der Waals surface area contributed by atoms with Gasteiger partial charge in [0.05, 0.1) is 22.7 Å². The average Bonchev–Trinajstić information content (AvgIpc) is 3.48. The highest BCUT2D eigenvalue weighted by atomic mass is 15.2. The van der Waals surface area contributed by atoms with Crippen LogP contribution in [0.1, 0.15) is 44.4 Å². The van der Waals surface area contributed by atoms with Crippen LogP contribution >= 0.6 is 0 Å². The van der Waals surface area contributed by atoms with Gasteiger partial charge in [0.15, 0.2) is 0 Å². The number of nitrogens with zero attached hydrogens (tertiary/aromatic N) is 2. The molecule has 360 valence electrons. The van der Waals surface area contributed by atoms with Crippen LogP contribution in [0, 0.1) is 20.8 Å². The fourth-order valence-electron chi connectivity index (χ4n) is 12.6. The number of anilines is 6. The van der Waals surface area contributed by atoms with Gasteiger partial charge in [-0.3, -0.25) is 0 Å². The van der Waals surface area contributed by atoms with Crippen LogP contribution in [0.25, 0.3) is 108 Å². The molecule has 0 saturated carbocycles. The summed E-state index contributed by atoms with van der Waals surface area (Å²) in [7, 11) is 0. The van der Waals surface area contributed by atoms with Crippen LogP contribution in [0.5, 0.6) is 0 Å². The first-order valence-corrected chi connectivity index (χ1v) is 26.8. The molecule has 0 amide bonds. The van der Waals surface area contributed by atoms with E-state index in [1.165, 1.54) is 136 Å². The molecule has 0 spiro atoms. The maximum atomic E-state index is 2.57. The molecule has 0 unspecified atom stereocenters. The molecule has 0 heterocycles. The molecule has 0 atom stereocenters. The minimum atomic E-state index is 1.11. The van der Waals surface area contributed by atoms with E-state index in [2.05, 4.69) is 255 Å². The lowest BCUT2D eigenvalue weighted by Gasteiger charge is -2.34. The number of fused-ring (bicyclic) bond motifs is 6. The molecule has 0 N–H and O–H groups in total. The number of benzene rings is 15. The van der Waals surface area contributed by atoms with Gasteiger partial charge in [-0.2, -0.15) is 0 Å². The number of rotatable bonds is 6. The first-order chi connectivity index (χ1) is 37.0. The van der Waals surface area contributed by atoms with Crippen LogP contribution in [-0.2, 0) is 0 Å². The van der Waals surface area contributed by atoms with Crippen LogP contribution in [0.2, 0.25) is 0 Å². The summed E-state index contributed by atoms with van der Waals surface area (Å²) >= 11 is 0. The second-order valence-corrected chi connectivity index (χ2v) is 19.7. The molecule has 0 bridgehead atoms. The summed E-state index contributed by atoms with van der Waals surface area (Å²) in [5, 5.41) is 25.3. The van der Waals surface area contributed by atoms with E-state index in [9.17, 15) is 0 Å². The number of hydrogen-bond donors (Lipinski definition) is 0. The van der Waals surface area contributed by atoms with Crippen molar-refractivity contribution in [3.63, 3.8) is 0 Å². The van der Waals surface area contributed by atoms with Gasteiger partial charge in [0.2, 0.25) is 0 Å². The van der Waals surface area contributed by atoms with Crippen LogP contribution in [0.4, 0.5) is 34.1 Å². The summed E-state index contributed by atoms with van der Waals surface area (Å²) in [6.07, 6.45) is 0. The Morgan fingerprint density at radius 3 is 0.973 bits per heavy atom. The highest BCUT2D eigenvalue weighted by Gasteiger charge is 2.29. The van der Waals surface area contributed by atoms with E-state index in [-0.39, 0.29) is 0 Å². The first-order valence-electron chi connectivity index (χ1n) is 26.8. The summed E-state index contributed by atoms with van der Waals surface area (Å²) in [5.41, 5.74) is 10.6. The maximum Gasteiger partial charge on any atom is 0.0620 e. The Labute approximate surface area is 439 Å². The predicted octanol–water partition coefficient (Wildman–Crippen LogP) is 22.0. The van der Waals surface area contributed by atoms with Gasteiger partial charge < -0.3 is 9.80 Å². The van der Waals surface area contributed by atoms with Crippen molar-refractivity contribution in [1.29, 1.82) is 0 Å². The zero-order chi connectivity index (χ0) is 51.1. The van der Waals surface area contributed by atoms with Gasteiger partial charge in [-0.05, 0) is 162 Å². The van der Waals surface area contributed by atoms with Crippen molar-refractivity contribution in [1.82, 2.24) is 0 Å². The molecule has 0 aliphatic rings. The Bertz CT molecular complexity index is 4570. The van der Waals surface area contributed by atoms with E-state index in [0.29, 0.717) is 0 Å². The fourth-order valence-corrected chi connectivity index (χ4v) is 12.6. The SMILES string of the molecule is CC.CC.Cc1ccc2c(N(c3ccccc3)c3ccc4c5cccc6cccc(c7cccc3c74)c65)c3cc(C)c(C)cc3c(N(c3ccccc3)c3ccc4c5cccc6cccc(c7cccc3c74)c65)c2c1. The Morgan fingerprint density at radius 2 is 0.560 bits per heavy atom. The number of aryl methyl sites for hydroxylation is 3. The van der Waals surface area contributed by atoms with Gasteiger partial charge in [0, 0.05) is 43.7 Å². The van der Waals surface area contributed by atoms with Gasteiger partial charge in [0.1, 0.15) is 0 Å². The Morgan fingerprint density at radius 1 is 0.240 bits per heavy atom. The van der Waals surface area contributed by atoms with Crippen molar-refractivity contribution in [2.24, 2.45) is 0 Å². The standard InChI is InChI=1S/C69H46N2.2C2H6/c1-41-32-33-56-59(38-41)69(71(47-22-8-5-9-23-47)63-37-35-55-51-27-13-19-45-17-11-25-49(65(45)51)53-29-15-31-58(63)67(53)55)61-40-43(3)42(2)39-60(61)68(56)70(46-20-6-4-7-21-46)62-36-34-54-50-26-12-18-44-16-10-24-48(64(44)50)52-28-14-30-57(62)66(52)54;2*1-2/h4-40H,1-3H3;2*1-2H3. The summed E-state index contributed by atoms with van der Waals surface area (Å²) in [4.78, 5) is 5.13. The molecule has 2 heteroatoms. The van der Waals surface area contributed by atoms with Gasteiger partial charge in [-0.15, -0.1) is 0 Å². The largest absolute Gasteiger partial charge is 0.309 e. The van der Waals surface area contributed by atoms with Crippen LogP contribution in [-0.4, -0.2) is 0 Å². The zero-order valence-corrected chi connectivity index (χ0v) is 43.8. The minimum absolute atomic E-state index is 1.11. The summed E-state index contributed by atoms with van der Waals surface area (Å²) in [6.45, 7) is 14.8. The van der Waals surface area contributed by atoms with Crippen molar-refractivity contribution in [2.45, 2.75) is 48.5 Å². The normalized spacial score (nSPS) is 11.7. The highest BCUT2D eigenvalue weighted by molar-refractivity contribution is 6.36. The predicted molar refractivity (Wildman–Crippen MR) is 330 cm³/mol. The fraction of sp³-hybridized carbons (Fsp3) is 0.0959. The van der Waals surface area contributed by atoms with Crippen molar-refractivity contribution < 1.29 is 0 Å². The van der Waals surface area contributed by atoms with E-state index in [1.54, 1.807) is 0 Å². The smallest absolute Gasteiger partial charge is 0.0620 e. The molecular formula is C73H58N2. The molecule has 15 aromatic carbocycles. The lowest BCUT2D eigenvalue weighted by molar-refractivity contribution is 1.30. The van der Waals surface area contributed by atoms with Crippen molar-refractivity contribution >= 4 is 142 Å². The Balaban J connectivity index is 0.00000132. The Kier molecular flexibility index (Phi) is 11.1. The first kappa shape index (κ1) is 45.9. The van der Waals surface area contributed by atoms with Crippen LogP contribution in [0.3, 0.4) is 0 Å². The molecular weight excluding hydrogens is 905 g/mol. The van der Waals surface area contributed by atoms with E-state index < -0.39 is 0 Å². The summed E-state index contributed by atoms with van der Waals surface area (Å²) in [5.74, 6) is 0. The molecule has 15 rings (SSSR count). The van der Waals surface area contributed by atoms with Crippen LogP contribution < -0.4 is 9.80 Å². The summed E-state index contributed by atoms with van der Waals surface area (Å²) in [6, 6.07) is 84.5. The lowest BCUT2D eigenvalue weighted by Crippen LogP contribution is -2.15. The van der Waals surface area contributed by atoms with Gasteiger partial charge in [0.25, 0.3) is 0 Å². The second kappa shape index (κ2) is 18.2. The molecule has 2 nitrogen and oxygen atoms in total. The molecule has 0 radical (unpaired) electrons. The lowest BCUT2D eigenvalue weighted by atomic mass is 9.88. The summed E-state index contributed by atoms with van der Waals surface area (Å²) < 4.78 is 0. The third-order valence-corrected chi connectivity index (χ3v) is 15.8. The molecule has 75 heavy (non-hydrogen) atoms.